The predicted molar refractivity (Wildman–Crippen MR) is 97.9 cm³/mol. The van der Waals surface area contributed by atoms with Crippen molar-refractivity contribution in [3.8, 4) is 0 Å². The van der Waals surface area contributed by atoms with E-state index in [0.717, 1.165) is 5.41 Å². The molecule has 1 N–H and O–H groups in total. The number of nitrogens with zero attached hydrogens (tertiary/aromatic N) is 1. The van der Waals surface area contributed by atoms with Crippen molar-refractivity contribution in [3.63, 3.8) is 0 Å². The van der Waals surface area contributed by atoms with E-state index in [2.05, 4.69) is 9.71 Å². The molecule has 8 heteroatoms. The van der Waals surface area contributed by atoms with Crippen LogP contribution in [0.4, 0.5) is 5.69 Å². The van der Waals surface area contributed by atoms with Crippen LogP contribution in [0.2, 0.25) is 0 Å². The molecule has 0 saturated carbocycles. The fourth-order valence-electron chi connectivity index (χ4n) is 2.23. The third-order valence-electron chi connectivity index (χ3n) is 3.38. The molecule has 0 spiro atoms. The van der Waals surface area contributed by atoms with E-state index < -0.39 is 16.0 Å². The Morgan fingerprint density at radius 2 is 1.81 bits per heavy atom. The summed E-state index contributed by atoms with van der Waals surface area (Å²) in [5.41, 5.74) is 1.52. The lowest BCUT2D eigenvalue weighted by molar-refractivity contribution is 0.0526. The van der Waals surface area contributed by atoms with E-state index in [1.165, 1.54) is 0 Å². The largest absolute Gasteiger partial charge is 0.462 e. The first kappa shape index (κ1) is 17.7. The summed E-state index contributed by atoms with van der Waals surface area (Å²) in [4.78, 5) is 11.7. The Labute approximate surface area is 151 Å². The van der Waals surface area contributed by atoms with Crippen molar-refractivity contribution in [2.24, 2.45) is 4.40 Å². The molecule has 2 aromatic carbocycles. The van der Waals surface area contributed by atoms with Crippen LogP contribution in [0.5, 0.6) is 0 Å². The van der Waals surface area contributed by atoms with Crippen LogP contribution in [-0.4, -0.2) is 27.0 Å². The van der Waals surface area contributed by atoms with E-state index >= 15 is 0 Å². The Morgan fingerprint density at radius 3 is 2.46 bits per heavy atom. The van der Waals surface area contributed by atoms with Crippen molar-refractivity contribution in [3.05, 3.63) is 71.1 Å². The second-order valence-corrected chi connectivity index (χ2v) is 6.73. The van der Waals surface area contributed by atoms with E-state index in [1.807, 2.05) is 6.07 Å². The lowest BCUT2D eigenvalue weighted by Gasteiger charge is -2.16. The van der Waals surface area contributed by atoms with Gasteiger partial charge in [-0.3, -0.25) is 0 Å². The number of ether oxygens (including phenoxy) is 2. The number of anilines is 1. The third kappa shape index (κ3) is 4.28. The first-order valence-corrected chi connectivity index (χ1v) is 9.31. The molecule has 0 unspecified atom stereocenters. The number of carbonyl (C=O) groups is 1. The van der Waals surface area contributed by atoms with E-state index in [4.69, 9.17) is 9.47 Å². The summed E-state index contributed by atoms with van der Waals surface area (Å²) in [7, 11) is -3.81. The minimum absolute atomic E-state index is 0.171. The number of rotatable bonds is 4. The van der Waals surface area contributed by atoms with Gasteiger partial charge in [0.2, 0.25) is 0 Å². The molecule has 3 rings (SSSR count). The molecule has 0 amide bonds. The number of amidine groups is 1. The van der Waals surface area contributed by atoms with Crippen molar-refractivity contribution in [2.45, 2.75) is 6.92 Å². The van der Waals surface area contributed by atoms with Crippen LogP contribution in [0.25, 0.3) is 5.76 Å². The van der Waals surface area contributed by atoms with Gasteiger partial charge in [-0.25, -0.2) is 4.79 Å². The zero-order chi connectivity index (χ0) is 18.6. The standard InChI is InChI=1S/C18H16N2O5S/c1-2-24-17(21)14-8-10-15(11-9-14)19-18-20-26(22,23)12-16(25-18)13-6-4-3-5-7-13/h3-12H,2H2,1H3,(H,19,20). The van der Waals surface area contributed by atoms with E-state index in [-0.39, 0.29) is 18.4 Å². The fraction of sp³-hybridized carbons (Fsp3) is 0.111. The van der Waals surface area contributed by atoms with Gasteiger partial charge in [0.25, 0.3) is 10.0 Å². The summed E-state index contributed by atoms with van der Waals surface area (Å²) in [5, 5.41) is 3.76. The van der Waals surface area contributed by atoms with Crippen molar-refractivity contribution < 1.29 is 22.7 Å². The van der Waals surface area contributed by atoms with Gasteiger partial charge in [-0.15, -0.1) is 4.40 Å². The molecule has 0 aromatic heterocycles. The molecule has 1 aliphatic heterocycles. The van der Waals surface area contributed by atoms with Crippen LogP contribution in [0.3, 0.4) is 0 Å². The second-order valence-electron chi connectivity index (χ2n) is 5.28. The van der Waals surface area contributed by atoms with Gasteiger partial charge < -0.3 is 14.8 Å². The molecule has 0 bridgehead atoms. The maximum absolute atomic E-state index is 12.0. The molecule has 1 heterocycles. The molecule has 2 aromatic rings. The van der Waals surface area contributed by atoms with Crippen molar-refractivity contribution in [1.29, 1.82) is 0 Å². The van der Waals surface area contributed by atoms with Crippen LogP contribution >= 0.6 is 0 Å². The quantitative estimate of drug-likeness (QED) is 0.829. The Kier molecular flexibility index (Phi) is 5.04. The number of hydrogen-bond acceptors (Lipinski definition) is 6. The number of sulfonamides is 1. The van der Waals surface area contributed by atoms with Crippen molar-refractivity contribution in [2.75, 3.05) is 11.9 Å². The molecular weight excluding hydrogens is 356 g/mol. The summed E-state index contributed by atoms with van der Waals surface area (Å²) >= 11 is 0. The summed E-state index contributed by atoms with van der Waals surface area (Å²) in [6, 6.07) is 15.0. The molecule has 134 valence electrons. The van der Waals surface area contributed by atoms with Crippen LogP contribution in [0.15, 0.2) is 64.4 Å². The van der Waals surface area contributed by atoms with Crippen LogP contribution < -0.4 is 5.32 Å². The molecule has 0 saturated heterocycles. The molecule has 1 aliphatic rings. The zero-order valence-corrected chi connectivity index (χ0v) is 14.7. The van der Waals surface area contributed by atoms with Crippen LogP contribution in [-0.2, 0) is 19.5 Å². The third-order valence-corrected chi connectivity index (χ3v) is 4.31. The molecule has 0 aliphatic carbocycles. The lowest BCUT2D eigenvalue weighted by Crippen LogP contribution is -2.21. The lowest BCUT2D eigenvalue weighted by atomic mass is 10.2. The Balaban J connectivity index is 1.78. The zero-order valence-electron chi connectivity index (χ0n) is 13.9. The summed E-state index contributed by atoms with van der Waals surface area (Å²) in [6.07, 6.45) is 0. The predicted octanol–water partition coefficient (Wildman–Crippen LogP) is 2.99. The highest BCUT2D eigenvalue weighted by Gasteiger charge is 2.21. The van der Waals surface area contributed by atoms with Crippen LogP contribution in [0, 0.1) is 0 Å². The average molecular weight is 372 g/mol. The molecule has 7 nitrogen and oxygen atoms in total. The SMILES string of the molecule is CCOC(=O)c1ccc(NC2=NS(=O)(=O)C=C(c3ccccc3)O2)cc1. The molecule has 26 heavy (non-hydrogen) atoms. The van der Waals surface area contributed by atoms with Gasteiger partial charge in [0.15, 0.2) is 5.76 Å². The van der Waals surface area contributed by atoms with E-state index in [0.29, 0.717) is 16.8 Å². The highest BCUT2D eigenvalue weighted by molar-refractivity contribution is 7.93. The van der Waals surface area contributed by atoms with Crippen molar-refractivity contribution in [1.82, 2.24) is 0 Å². The first-order valence-electron chi connectivity index (χ1n) is 7.81. The first-order chi connectivity index (χ1) is 12.5. The smallest absolute Gasteiger partial charge is 0.338 e. The van der Waals surface area contributed by atoms with Gasteiger partial charge in [0.1, 0.15) is 0 Å². The van der Waals surface area contributed by atoms with Crippen molar-refractivity contribution >= 4 is 33.5 Å². The second kappa shape index (κ2) is 7.40. The van der Waals surface area contributed by atoms with Gasteiger partial charge >= 0.3 is 12.0 Å². The monoisotopic (exact) mass is 372 g/mol. The summed E-state index contributed by atoms with van der Waals surface area (Å²) in [5.74, 6) is -0.256. The summed E-state index contributed by atoms with van der Waals surface area (Å²) < 4.78 is 38.0. The number of benzene rings is 2. The average Bonchev–Trinajstić information content (AvgIpc) is 2.62. The number of esters is 1. The van der Waals surface area contributed by atoms with Gasteiger partial charge in [-0.05, 0) is 31.2 Å². The van der Waals surface area contributed by atoms with Gasteiger partial charge in [-0.1, -0.05) is 30.3 Å². The summed E-state index contributed by atoms with van der Waals surface area (Å²) in [6.45, 7) is 2.01. The normalized spacial score (nSPS) is 15.3. The van der Waals surface area contributed by atoms with Gasteiger partial charge in [0.05, 0.1) is 17.6 Å². The molecule has 0 atom stereocenters. The number of nitrogens with one attached hydrogen (secondary N) is 1. The number of hydrogen-bond donors (Lipinski definition) is 1. The van der Waals surface area contributed by atoms with E-state index in [9.17, 15) is 13.2 Å². The number of carbonyl (C=O) groups excluding carboxylic acids is 1. The minimum atomic E-state index is -3.81. The maximum atomic E-state index is 12.0. The Bertz CT molecular complexity index is 964. The molecular formula is C18H16N2O5S. The topological polar surface area (TPSA) is 94.1 Å². The highest BCUT2D eigenvalue weighted by atomic mass is 32.2. The van der Waals surface area contributed by atoms with Gasteiger partial charge in [-0.2, -0.15) is 8.42 Å². The van der Waals surface area contributed by atoms with E-state index in [1.54, 1.807) is 55.5 Å². The highest BCUT2D eigenvalue weighted by Crippen LogP contribution is 2.23. The Hall–Kier alpha value is -3.13. The fourth-order valence-corrected chi connectivity index (χ4v) is 3.05. The molecule has 0 radical (unpaired) electrons. The minimum Gasteiger partial charge on any atom is -0.462 e. The van der Waals surface area contributed by atoms with Gasteiger partial charge in [0, 0.05) is 11.3 Å². The maximum Gasteiger partial charge on any atom is 0.338 e. The molecule has 0 fully saturated rings. The van der Waals surface area contributed by atoms with Crippen LogP contribution in [0.1, 0.15) is 22.8 Å². The Morgan fingerprint density at radius 1 is 1.12 bits per heavy atom.